The van der Waals surface area contributed by atoms with E-state index in [0.717, 1.165) is 18.2 Å². The van der Waals surface area contributed by atoms with Crippen molar-refractivity contribution in [2.24, 2.45) is 0 Å². The van der Waals surface area contributed by atoms with Gasteiger partial charge >= 0.3 is 0 Å². The minimum Gasteiger partial charge on any atom is -0.484 e. The number of para-hydroxylation sites is 1. The first-order valence-electron chi connectivity index (χ1n) is 8.03. The second-order valence-electron chi connectivity index (χ2n) is 5.72. The molecule has 2 aromatic rings. The highest BCUT2D eigenvalue weighted by molar-refractivity contribution is 5.85. The molecule has 0 spiro atoms. The van der Waals surface area contributed by atoms with Crippen molar-refractivity contribution in [3.8, 4) is 5.75 Å². The lowest BCUT2D eigenvalue weighted by Crippen LogP contribution is -2.40. The van der Waals surface area contributed by atoms with Crippen molar-refractivity contribution in [1.29, 1.82) is 0 Å². The molecule has 0 aromatic heterocycles. The summed E-state index contributed by atoms with van der Waals surface area (Å²) in [5, 5.41) is 2.44. The van der Waals surface area contributed by atoms with Crippen LogP contribution in [0.15, 0.2) is 48.5 Å². The molecule has 1 unspecified atom stereocenters. The number of carbonyl (C=O) groups is 2. The topological polar surface area (TPSA) is 58.6 Å². The first-order valence-corrected chi connectivity index (χ1v) is 8.03. The van der Waals surface area contributed by atoms with Gasteiger partial charge in [-0.05, 0) is 37.3 Å². The Labute approximate surface area is 150 Å². The fraction of sp³-hybridized carbons (Fsp3) is 0.263. The normalized spacial score (nSPS) is 11.5. The molecule has 2 amide bonds. The van der Waals surface area contributed by atoms with Gasteiger partial charge in [0.1, 0.15) is 17.4 Å². The van der Waals surface area contributed by atoms with Crippen LogP contribution in [0.1, 0.15) is 18.5 Å². The minimum absolute atomic E-state index is 0.0691. The van der Waals surface area contributed by atoms with Crippen molar-refractivity contribution < 1.29 is 23.1 Å². The number of halogens is 2. The Balaban J connectivity index is 1.84. The predicted molar refractivity (Wildman–Crippen MR) is 92.5 cm³/mol. The van der Waals surface area contributed by atoms with E-state index in [0.29, 0.717) is 5.75 Å². The van der Waals surface area contributed by atoms with Gasteiger partial charge in [0.15, 0.2) is 6.61 Å². The van der Waals surface area contributed by atoms with Crippen molar-refractivity contribution in [1.82, 2.24) is 10.2 Å². The van der Waals surface area contributed by atoms with E-state index in [1.165, 1.54) is 11.9 Å². The van der Waals surface area contributed by atoms with Crippen LogP contribution in [0, 0.1) is 11.6 Å². The quantitative estimate of drug-likeness (QED) is 0.824. The number of rotatable bonds is 7. The van der Waals surface area contributed by atoms with Crippen LogP contribution < -0.4 is 10.1 Å². The first kappa shape index (κ1) is 19.4. The number of benzene rings is 2. The third-order valence-electron chi connectivity index (χ3n) is 3.93. The maximum atomic E-state index is 13.8. The molecular formula is C19H20F2N2O3. The maximum absolute atomic E-state index is 13.8. The van der Waals surface area contributed by atoms with Gasteiger partial charge in [0, 0.05) is 12.6 Å². The number of carbonyl (C=O) groups excluding carboxylic acids is 2. The SMILES string of the molecule is CC(c1cc(F)ccc1F)N(C)C(=O)CNC(=O)COc1ccccc1. The van der Waals surface area contributed by atoms with E-state index in [1.54, 1.807) is 31.2 Å². The molecule has 7 heteroatoms. The number of hydrogen-bond donors (Lipinski definition) is 1. The molecule has 0 bridgehead atoms. The summed E-state index contributed by atoms with van der Waals surface area (Å²) in [7, 11) is 1.46. The Morgan fingerprint density at radius 2 is 1.85 bits per heavy atom. The van der Waals surface area contributed by atoms with Crippen LogP contribution in [0.25, 0.3) is 0 Å². The monoisotopic (exact) mass is 362 g/mol. The maximum Gasteiger partial charge on any atom is 0.258 e. The summed E-state index contributed by atoms with van der Waals surface area (Å²) in [5.74, 6) is -1.53. The lowest BCUT2D eigenvalue weighted by Gasteiger charge is -2.26. The zero-order chi connectivity index (χ0) is 19.1. The number of amides is 2. The van der Waals surface area contributed by atoms with E-state index in [-0.39, 0.29) is 18.7 Å². The highest BCUT2D eigenvalue weighted by Crippen LogP contribution is 2.22. The van der Waals surface area contributed by atoms with Gasteiger partial charge in [-0.25, -0.2) is 8.78 Å². The summed E-state index contributed by atoms with van der Waals surface area (Å²) in [6, 6.07) is 11.2. The third-order valence-corrected chi connectivity index (χ3v) is 3.93. The zero-order valence-corrected chi connectivity index (χ0v) is 14.5. The lowest BCUT2D eigenvalue weighted by atomic mass is 10.1. The summed E-state index contributed by atoms with van der Waals surface area (Å²) < 4.78 is 32.4. The number of nitrogens with one attached hydrogen (secondary N) is 1. The fourth-order valence-electron chi connectivity index (χ4n) is 2.27. The van der Waals surface area contributed by atoms with Crippen molar-refractivity contribution in [3.05, 3.63) is 65.7 Å². The van der Waals surface area contributed by atoms with E-state index in [9.17, 15) is 18.4 Å². The molecule has 0 radical (unpaired) electrons. The fourth-order valence-corrected chi connectivity index (χ4v) is 2.27. The molecule has 0 saturated heterocycles. The number of ether oxygens (including phenoxy) is 1. The average Bonchev–Trinajstić information content (AvgIpc) is 2.66. The van der Waals surface area contributed by atoms with E-state index < -0.39 is 29.5 Å². The Kier molecular flexibility index (Phi) is 6.66. The minimum atomic E-state index is -0.685. The van der Waals surface area contributed by atoms with E-state index in [2.05, 4.69) is 5.32 Å². The molecule has 0 saturated carbocycles. The van der Waals surface area contributed by atoms with E-state index in [1.807, 2.05) is 6.07 Å². The number of likely N-dealkylation sites (N-methyl/N-ethyl adjacent to an activating group) is 1. The molecule has 26 heavy (non-hydrogen) atoms. The predicted octanol–water partition coefficient (Wildman–Crippen LogP) is 2.68. The van der Waals surface area contributed by atoms with Crippen LogP contribution in [-0.2, 0) is 9.59 Å². The molecular weight excluding hydrogens is 342 g/mol. The number of nitrogens with zero attached hydrogens (tertiary/aromatic N) is 1. The molecule has 0 aliphatic heterocycles. The van der Waals surface area contributed by atoms with Gasteiger partial charge in [0.25, 0.3) is 5.91 Å². The molecule has 138 valence electrons. The van der Waals surface area contributed by atoms with Gasteiger partial charge < -0.3 is 15.0 Å². The summed E-state index contributed by atoms with van der Waals surface area (Å²) in [6.07, 6.45) is 0. The summed E-state index contributed by atoms with van der Waals surface area (Å²) in [4.78, 5) is 25.2. The van der Waals surface area contributed by atoms with Crippen LogP contribution in [0.3, 0.4) is 0 Å². The molecule has 5 nitrogen and oxygen atoms in total. The molecule has 1 N–H and O–H groups in total. The Morgan fingerprint density at radius 1 is 1.15 bits per heavy atom. The summed E-state index contributed by atoms with van der Waals surface area (Å²) in [6.45, 7) is 1.08. The Bertz CT molecular complexity index is 769. The average molecular weight is 362 g/mol. The van der Waals surface area contributed by atoms with Crippen molar-refractivity contribution in [2.45, 2.75) is 13.0 Å². The van der Waals surface area contributed by atoms with Gasteiger partial charge in [0.2, 0.25) is 5.91 Å². The smallest absolute Gasteiger partial charge is 0.258 e. The highest BCUT2D eigenvalue weighted by Gasteiger charge is 2.21. The zero-order valence-electron chi connectivity index (χ0n) is 14.5. The van der Waals surface area contributed by atoms with Crippen LogP contribution in [0.2, 0.25) is 0 Å². The van der Waals surface area contributed by atoms with Gasteiger partial charge in [-0.1, -0.05) is 18.2 Å². The molecule has 0 heterocycles. The Hall–Kier alpha value is -2.96. The molecule has 0 fully saturated rings. The van der Waals surface area contributed by atoms with Crippen LogP contribution in [0.5, 0.6) is 5.75 Å². The lowest BCUT2D eigenvalue weighted by molar-refractivity contribution is -0.133. The van der Waals surface area contributed by atoms with Crippen LogP contribution >= 0.6 is 0 Å². The number of hydrogen-bond acceptors (Lipinski definition) is 3. The first-order chi connectivity index (χ1) is 12.4. The van der Waals surface area contributed by atoms with Crippen LogP contribution in [0.4, 0.5) is 8.78 Å². The summed E-state index contributed by atoms with van der Waals surface area (Å²) >= 11 is 0. The van der Waals surface area contributed by atoms with Crippen LogP contribution in [-0.4, -0.2) is 36.9 Å². The molecule has 2 aromatic carbocycles. The second-order valence-corrected chi connectivity index (χ2v) is 5.72. The van der Waals surface area contributed by atoms with Gasteiger partial charge in [-0.3, -0.25) is 9.59 Å². The van der Waals surface area contributed by atoms with Gasteiger partial charge in [-0.15, -0.1) is 0 Å². The molecule has 1 atom stereocenters. The van der Waals surface area contributed by atoms with Crippen molar-refractivity contribution in [2.75, 3.05) is 20.2 Å². The molecule has 0 aliphatic carbocycles. The molecule has 2 rings (SSSR count). The van der Waals surface area contributed by atoms with Crippen molar-refractivity contribution >= 4 is 11.8 Å². The third kappa shape index (κ3) is 5.27. The second kappa shape index (κ2) is 8.94. The van der Waals surface area contributed by atoms with E-state index in [4.69, 9.17) is 4.74 Å². The Morgan fingerprint density at radius 3 is 2.54 bits per heavy atom. The molecule has 0 aliphatic rings. The van der Waals surface area contributed by atoms with Gasteiger partial charge in [0.05, 0.1) is 12.6 Å². The standard InChI is InChI=1S/C19H20F2N2O3/c1-13(16-10-14(20)8-9-17(16)21)23(2)19(25)11-22-18(24)12-26-15-6-4-3-5-7-15/h3-10,13H,11-12H2,1-2H3,(H,22,24). The summed E-state index contributed by atoms with van der Waals surface area (Å²) in [5.41, 5.74) is 0.0691. The highest BCUT2D eigenvalue weighted by atomic mass is 19.1. The van der Waals surface area contributed by atoms with Gasteiger partial charge in [-0.2, -0.15) is 0 Å². The van der Waals surface area contributed by atoms with Crippen molar-refractivity contribution in [3.63, 3.8) is 0 Å². The largest absolute Gasteiger partial charge is 0.484 e. The van der Waals surface area contributed by atoms with E-state index >= 15 is 0 Å².